The third-order valence-corrected chi connectivity index (χ3v) is 2.77. The van der Waals surface area contributed by atoms with E-state index in [1.807, 2.05) is 6.92 Å². The van der Waals surface area contributed by atoms with Crippen molar-refractivity contribution in [2.75, 3.05) is 33.9 Å². The number of hydrogen-bond donors (Lipinski definition) is 2. The van der Waals surface area contributed by atoms with Crippen LogP contribution < -0.4 is 10.6 Å². The van der Waals surface area contributed by atoms with Crippen molar-refractivity contribution in [2.24, 2.45) is 5.92 Å². The summed E-state index contributed by atoms with van der Waals surface area (Å²) in [6.07, 6.45) is 0.377. The monoisotopic (exact) mass is 260 g/mol. The average molecular weight is 260 g/mol. The number of amides is 1. The molecule has 106 valence electrons. The van der Waals surface area contributed by atoms with E-state index < -0.39 is 0 Å². The van der Waals surface area contributed by atoms with Crippen LogP contribution in [0.1, 0.15) is 20.3 Å². The molecule has 2 unspecified atom stereocenters. The first-order valence-electron chi connectivity index (χ1n) is 6.09. The van der Waals surface area contributed by atoms with Gasteiger partial charge >= 0.3 is 5.97 Å². The molecule has 0 aliphatic heterocycles. The fourth-order valence-electron chi connectivity index (χ4n) is 1.36. The molecule has 2 atom stereocenters. The van der Waals surface area contributed by atoms with Crippen molar-refractivity contribution in [2.45, 2.75) is 26.3 Å². The highest BCUT2D eigenvalue weighted by molar-refractivity contribution is 5.76. The van der Waals surface area contributed by atoms with Crippen LogP contribution in [0.4, 0.5) is 0 Å². The molecule has 0 bridgehead atoms. The minimum Gasteiger partial charge on any atom is -0.469 e. The third kappa shape index (κ3) is 7.24. The molecule has 0 spiro atoms. The van der Waals surface area contributed by atoms with Crippen LogP contribution in [0.5, 0.6) is 0 Å². The van der Waals surface area contributed by atoms with E-state index in [1.54, 1.807) is 14.0 Å². The Kier molecular flexibility index (Phi) is 9.22. The van der Waals surface area contributed by atoms with Gasteiger partial charge in [0.05, 0.1) is 19.6 Å². The number of hydrogen-bond acceptors (Lipinski definition) is 5. The Morgan fingerprint density at radius 3 is 2.39 bits per heavy atom. The lowest BCUT2D eigenvalue weighted by Gasteiger charge is -2.19. The van der Waals surface area contributed by atoms with E-state index in [2.05, 4.69) is 15.4 Å². The quantitative estimate of drug-likeness (QED) is 0.448. The van der Waals surface area contributed by atoms with Gasteiger partial charge in [0.2, 0.25) is 5.91 Å². The lowest BCUT2D eigenvalue weighted by Crippen LogP contribution is -2.39. The van der Waals surface area contributed by atoms with Crippen LogP contribution in [0.3, 0.4) is 0 Å². The van der Waals surface area contributed by atoms with Crippen LogP contribution in [-0.2, 0) is 19.1 Å². The van der Waals surface area contributed by atoms with Gasteiger partial charge in [-0.05, 0) is 6.92 Å². The predicted molar refractivity (Wildman–Crippen MR) is 68.1 cm³/mol. The zero-order chi connectivity index (χ0) is 14.0. The van der Waals surface area contributed by atoms with Crippen LogP contribution in [0.2, 0.25) is 0 Å². The molecule has 6 heteroatoms. The van der Waals surface area contributed by atoms with Gasteiger partial charge in [-0.15, -0.1) is 0 Å². The highest BCUT2D eigenvalue weighted by Crippen LogP contribution is 2.04. The summed E-state index contributed by atoms with van der Waals surface area (Å²) in [7, 11) is 2.96. The second-order valence-corrected chi connectivity index (χ2v) is 4.15. The number of carbonyl (C=O) groups excluding carboxylic acids is 2. The van der Waals surface area contributed by atoms with Gasteiger partial charge in [-0.3, -0.25) is 9.59 Å². The van der Waals surface area contributed by atoms with E-state index in [9.17, 15) is 9.59 Å². The molecule has 0 aromatic rings. The van der Waals surface area contributed by atoms with Crippen LogP contribution in [0, 0.1) is 5.92 Å². The van der Waals surface area contributed by atoms with Crippen molar-refractivity contribution in [3.8, 4) is 0 Å². The van der Waals surface area contributed by atoms with E-state index >= 15 is 0 Å². The van der Waals surface area contributed by atoms with Gasteiger partial charge in [-0.1, -0.05) is 6.92 Å². The minimum absolute atomic E-state index is 0.0239. The van der Waals surface area contributed by atoms with Crippen LogP contribution in [-0.4, -0.2) is 51.8 Å². The zero-order valence-electron chi connectivity index (χ0n) is 11.6. The van der Waals surface area contributed by atoms with Crippen molar-refractivity contribution in [1.29, 1.82) is 0 Å². The molecule has 0 radical (unpaired) electrons. The SMILES string of the molecule is COCCNC(=O)CCNC(C)C(C)C(=O)OC. The van der Waals surface area contributed by atoms with E-state index in [1.165, 1.54) is 7.11 Å². The molecule has 0 aromatic heterocycles. The fraction of sp³-hybridized carbons (Fsp3) is 0.833. The number of rotatable bonds is 9. The summed E-state index contributed by atoms with van der Waals surface area (Å²) in [5.41, 5.74) is 0. The van der Waals surface area contributed by atoms with E-state index in [-0.39, 0.29) is 23.8 Å². The maximum atomic E-state index is 11.4. The highest BCUT2D eigenvalue weighted by Gasteiger charge is 2.20. The molecule has 0 heterocycles. The first kappa shape index (κ1) is 16.9. The third-order valence-electron chi connectivity index (χ3n) is 2.77. The molecule has 0 saturated carbocycles. The standard InChI is InChI=1S/C12H24N2O4/c1-9(12(16)18-4)10(2)13-6-5-11(15)14-7-8-17-3/h9-10,13H,5-8H2,1-4H3,(H,14,15). The van der Waals surface area contributed by atoms with E-state index in [0.29, 0.717) is 26.1 Å². The zero-order valence-corrected chi connectivity index (χ0v) is 11.6. The molecular weight excluding hydrogens is 236 g/mol. The molecule has 1 amide bonds. The van der Waals surface area contributed by atoms with Crippen LogP contribution in [0.25, 0.3) is 0 Å². The lowest BCUT2D eigenvalue weighted by molar-refractivity contribution is -0.145. The average Bonchev–Trinajstić information content (AvgIpc) is 2.37. The lowest BCUT2D eigenvalue weighted by atomic mass is 10.0. The normalized spacial score (nSPS) is 13.8. The first-order chi connectivity index (χ1) is 8.52. The molecule has 0 aliphatic rings. The number of nitrogens with one attached hydrogen (secondary N) is 2. The van der Waals surface area contributed by atoms with Gasteiger partial charge < -0.3 is 20.1 Å². The Morgan fingerprint density at radius 2 is 1.83 bits per heavy atom. The highest BCUT2D eigenvalue weighted by atomic mass is 16.5. The molecule has 0 rings (SSSR count). The number of esters is 1. The van der Waals surface area contributed by atoms with Gasteiger partial charge in [-0.2, -0.15) is 0 Å². The molecule has 6 nitrogen and oxygen atoms in total. The Hall–Kier alpha value is -1.14. The van der Waals surface area contributed by atoms with Gasteiger partial charge in [-0.25, -0.2) is 0 Å². The van der Waals surface area contributed by atoms with E-state index in [4.69, 9.17) is 4.74 Å². The Bertz CT molecular complexity index is 258. The summed E-state index contributed by atoms with van der Waals surface area (Å²) < 4.78 is 9.48. The maximum absolute atomic E-state index is 11.4. The fourth-order valence-corrected chi connectivity index (χ4v) is 1.36. The van der Waals surface area contributed by atoms with E-state index in [0.717, 1.165) is 0 Å². The number of carbonyl (C=O) groups is 2. The molecular formula is C12H24N2O4. The molecule has 2 N–H and O–H groups in total. The largest absolute Gasteiger partial charge is 0.469 e. The van der Waals surface area contributed by atoms with Crippen molar-refractivity contribution in [3.63, 3.8) is 0 Å². The van der Waals surface area contributed by atoms with Gasteiger partial charge in [0.15, 0.2) is 0 Å². The molecule has 0 aliphatic carbocycles. The van der Waals surface area contributed by atoms with Crippen molar-refractivity contribution < 1.29 is 19.1 Å². The van der Waals surface area contributed by atoms with Gasteiger partial charge in [0, 0.05) is 32.7 Å². The second kappa shape index (κ2) is 9.85. The summed E-state index contributed by atoms with van der Waals surface area (Å²) in [6, 6.07) is -0.0239. The Labute approximate surface area is 108 Å². The minimum atomic E-state index is -0.250. The summed E-state index contributed by atoms with van der Waals surface area (Å²) in [6.45, 7) is 5.24. The molecule has 0 fully saturated rings. The van der Waals surface area contributed by atoms with Crippen LogP contribution in [0.15, 0.2) is 0 Å². The summed E-state index contributed by atoms with van der Waals surface area (Å²) in [4.78, 5) is 22.6. The topological polar surface area (TPSA) is 76.7 Å². The van der Waals surface area contributed by atoms with Gasteiger partial charge in [0.1, 0.15) is 0 Å². The summed E-state index contributed by atoms with van der Waals surface area (Å²) in [5, 5.41) is 5.85. The summed E-state index contributed by atoms with van der Waals surface area (Å²) >= 11 is 0. The van der Waals surface area contributed by atoms with Crippen molar-refractivity contribution in [3.05, 3.63) is 0 Å². The number of ether oxygens (including phenoxy) is 2. The second-order valence-electron chi connectivity index (χ2n) is 4.15. The first-order valence-corrected chi connectivity index (χ1v) is 6.09. The maximum Gasteiger partial charge on any atom is 0.309 e. The molecule has 0 saturated heterocycles. The Morgan fingerprint density at radius 1 is 1.17 bits per heavy atom. The predicted octanol–water partition coefficient (Wildman–Crippen LogP) is -0.0737. The molecule has 0 aromatic carbocycles. The van der Waals surface area contributed by atoms with Gasteiger partial charge in [0.25, 0.3) is 0 Å². The smallest absolute Gasteiger partial charge is 0.309 e. The number of methoxy groups -OCH3 is 2. The van der Waals surface area contributed by atoms with Crippen LogP contribution >= 0.6 is 0 Å². The molecule has 18 heavy (non-hydrogen) atoms. The summed E-state index contributed by atoms with van der Waals surface area (Å²) in [5.74, 6) is -0.511. The van der Waals surface area contributed by atoms with Crippen molar-refractivity contribution >= 4 is 11.9 Å². The Balaban J connectivity index is 3.70. The van der Waals surface area contributed by atoms with Crippen molar-refractivity contribution in [1.82, 2.24) is 10.6 Å².